The van der Waals surface area contributed by atoms with Crippen LogP contribution in [0.2, 0.25) is 5.15 Å². The van der Waals surface area contributed by atoms with Crippen LogP contribution in [0.4, 0.5) is 0 Å². The van der Waals surface area contributed by atoms with Crippen molar-refractivity contribution < 1.29 is 4.79 Å². The maximum absolute atomic E-state index is 11.1. The lowest BCUT2D eigenvalue weighted by Crippen LogP contribution is -2.46. The summed E-state index contributed by atoms with van der Waals surface area (Å²) in [4.78, 5) is 21.7. The molecule has 1 atom stereocenters. The van der Waals surface area contributed by atoms with Crippen molar-refractivity contribution in [3.8, 4) is 0 Å². The van der Waals surface area contributed by atoms with Gasteiger partial charge in [-0.1, -0.05) is 17.7 Å². The van der Waals surface area contributed by atoms with E-state index in [0.717, 1.165) is 37.5 Å². The molecular weight excluding hydrogens is 429 g/mol. The fourth-order valence-electron chi connectivity index (χ4n) is 2.73. The SMILES string of the molecule is CN=C(NCc1ccc(Cl)nc1)N1CCCC(CC(N)=O)C1.I. The minimum Gasteiger partial charge on any atom is -0.370 e. The Hall–Kier alpha value is -1.09. The third-order valence-electron chi connectivity index (χ3n) is 3.76. The number of hydrogen-bond donors (Lipinski definition) is 2. The molecule has 23 heavy (non-hydrogen) atoms. The lowest BCUT2D eigenvalue weighted by molar-refractivity contribution is -0.119. The number of amides is 1. The number of rotatable bonds is 4. The molecule has 8 heteroatoms. The van der Waals surface area contributed by atoms with Crippen molar-refractivity contribution in [2.45, 2.75) is 25.8 Å². The summed E-state index contributed by atoms with van der Waals surface area (Å²) in [6.45, 7) is 2.38. The molecule has 0 saturated carbocycles. The summed E-state index contributed by atoms with van der Waals surface area (Å²) in [6.07, 6.45) is 4.27. The first-order chi connectivity index (χ1) is 10.6. The predicted octanol–water partition coefficient (Wildman–Crippen LogP) is 2.02. The molecular formula is C15H23ClIN5O. The lowest BCUT2D eigenvalue weighted by atomic mass is 9.95. The highest BCUT2D eigenvalue weighted by molar-refractivity contribution is 14.0. The number of nitrogens with two attached hydrogens (primary N) is 1. The number of guanidine groups is 1. The number of carbonyl (C=O) groups excluding carboxylic acids is 1. The molecule has 2 heterocycles. The molecule has 1 aliphatic heterocycles. The topological polar surface area (TPSA) is 83.6 Å². The second kappa shape index (κ2) is 9.92. The van der Waals surface area contributed by atoms with E-state index in [1.165, 1.54) is 0 Å². The second-order valence-electron chi connectivity index (χ2n) is 5.51. The Labute approximate surface area is 158 Å². The van der Waals surface area contributed by atoms with Gasteiger partial charge in [0.05, 0.1) is 0 Å². The van der Waals surface area contributed by atoms with E-state index in [-0.39, 0.29) is 29.9 Å². The van der Waals surface area contributed by atoms with Gasteiger partial charge >= 0.3 is 0 Å². The molecule has 1 fully saturated rings. The largest absolute Gasteiger partial charge is 0.370 e. The fraction of sp³-hybridized carbons (Fsp3) is 0.533. The number of likely N-dealkylation sites (tertiary alicyclic amines) is 1. The summed E-state index contributed by atoms with van der Waals surface area (Å²) in [6, 6.07) is 3.70. The van der Waals surface area contributed by atoms with Crippen molar-refractivity contribution in [1.29, 1.82) is 0 Å². The number of aromatic nitrogens is 1. The Balaban J connectivity index is 0.00000264. The molecule has 128 valence electrons. The number of hydrogen-bond acceptors (Lipinski definition) is 3. The van der Waals surface area contributed by atoms with Gasteiger partial charge in [0.25, 0.3) is 0 Å². The van der Waals surface area contributed by atoms with E-state index in [0.29, 0.717) is 24.0 Å². The van der Waals surface area contributed by atoms with Gasteiger partial charge in [-0.2, -0.15) is 0 Å². The van der Waals surface area contributed by atoms with Crippen molar-refractivity contribution in [3.63, 3.8) is 0 Å². The van der Waals surface area contributed by atoms with Gasteiger partial charge in [0.2, 0.25) is 5.91 Å². The Kier molecular flexibility index (Phi) is 8.60. The van der Waals surface area contributed by atoms with Gasteiger partial charge < -0.3 is 16.0 Å². The van der Waals surface area contributed by atoms with E-state index in [9.17, 15) is 4.79 Å². The van der Waals surface area contributed by atoms with Gasteiger partial charge in [-0.3, -0.25) is 9.79 Å². The van der Waals surface area contributed by atoms with E-state index in [1.807, 2.05) is 6.07 Å². The van der Waals surface area contributed by atoms with E-state index < -0.39 is 0 Å². The average molecular weight is 452 g/mol. The molecule has 6 nitrogen and oxygen atoms in total. The molecule has 0 aliphatic carbocycles. The molecule has 3 N–H and O–H groups in total. The predicted molar refractivity (Wildman–Crippen MR) is 103 cm³/mol. The zero-order valence-corrected chi connectivity index (χ0v) is 16.3. The van der Waals surface area contributed by atoms with Gasteiger partial charge in [-0.25, -0.2) is 4.98 Å². The number of piperidine rings is 1. The van der Waals surface area contributed by atoms with Gasteiger partial charge in [-0.15, -0.1) is 24.0 Å². The van der Waals surface area contributed by atoms with Gasteiger partial charge in [0.15, 0.2) is 5.96 Å². The summed E-state index contributed by atoms with van der Waals surface area (Å²) in [5.74, 6) is 0.910. The van der Waals surface area contributed by atoms with Crippen LogP contribution >= 0.6 is 35.6 Å². The number of halogens is 2. The number of nitrogens with one attached hydrogen (secondary N) is 1. The Morgan fingerprint density at radius 1 is 1.57 bits per heavy atom. The zero-order valence-electron chi connectivity index (χ0n) is 13.2. The number of carbonyl (C=O) groups is 1. The van der Waals surface area contributed by atoms with Crippen molar-refractivity contribution in [2.75, 3.05) is 20.1 Å². The highest BCUT2D eigenvalue weighted by atomic mass is 127. The van der Waals surface area contributed by atoms with Crippen LogP contribution in [-0.4, -0.2) is 41.9 Å². The molecule has 0 aromatic carbocycles. The molecule has 1 saturated heterocycles. The Bertz CT molecular complexity index is 537. The second-order valence-corrected chi connectivity index (χ2v) is 5.90. The van der Waals surface area contributed by atoms with E-state index in [1.54, 1.807) is 19.3 Å². The van der Waals surface area contributed by atoms with E-state index in [4.69, 9.17) is 17.3 Å². The first-order valence-electron chi connectivity index (χ1n) is 7.43. The number of aliphatic imine (C=N–C) groups is 1. The smallest absolute Gasteiger partial charge is 0.217 e. The van der Waals surface area contributed by atoms with Gasteiger partial charge in [0.1, 0.15) is 5.15 Å². The van der Waals surface area contributed by atoms with Crippen molar-refractivity contribution in [2.24, 2.45) is 16.6 Å². The van der Waals surface area contributed by atoms with Gasteiger partial charge in [-0.05, 0) is 30.4 Å². The molecule has 1 aliphatic rings. The quantitative estimate of drug-likeness (QED) is 0.317. The highest BCUT2D eigenvalue weighted by Gasteiger charge is 2.23. The normalized spacial score (nSPS) is 18.3. The third-order valence-corrected chi connectivity index (χ3v) is 3.98. The summed E-state index contributed by atoms with van der Waals surface area (Å²) in [5.41, 5.74) is 6.34. The van der Waals surface area contributed by atoms with Crippen LogP contribution in [0, 0.1) is 5.92 Å². The van der Waals surface area contributed by atoms with Crippen molar-refractivity contribution >= 4 is 47.4 Å². The molecule has 1 unspecified atom stereocenters. The highest BCUT2D eigenvalue weighted by Crippen LogP contribution is 2.19. The summed E-state index contributed by atoms with van der Waals surface area (Å²) >= 11 is 5.78. The number of pyridine rings is 1. The maximum Gasteiger partial charge on any atom is 0.217 e. The Morgan fingerprint density at radius 2 is 2.35 bits per heavy atom. The van der Waals surface area contributed by atoms with Gasteiger partial charge in [0, 0.05) is 39.3 Å². The molecule has 2 rings (SSSR count). The molecule has 1 aromatic rings. The van der Waals surface area contributed by atoms with Crippen LogP contribution in [0.1, 0.15) is 24.8 Å². The van der Waals surface area contributed by atoms with Crippen molar-refractivity contribution in [3.05, 3.63) is 29.0 Å². The summed E-state index contributed by atoms with van der Waals surface area (Å²) in [7, 11) is 1.76. The minimum atomic E-state index is -0.234. The molecule has 0 radical (unpaired) electrons. The fourth-order valence-corrected chi connectivity index (χ4v) is 2.84. The standard InChI is InChI=1S/C15H22ClN5O.HI/c1-18-15(20-9-12-4-5-13(16)19-8-12)21-6-2-3-11(10-21)7-14(17)22;/h4-5,8,11H,2-3,6-7,9-10H2,1H3,(H2,17,22)(H,18,20);1H. The monoisotopic (exact) mass is 451 g/mol. The van der Waals surface area contributed by atoms with Crippen LogP contribution in [-0.2, 0) is 11.3 Å². The molecule has 0 spiro atoms. The van der Waals surface area contributed by atoms with Crippen LogP contribution in [0.25, 0.3) is 0 Å². The summed E-state index contributed by atoms with van der Waals surface area (Å²) in [5, 5.41) is 3.81. The maximum atomic E-state index is 11.1. The summed E-state index contributed by atoms with van der Waals surface area (Å²) < 4.78 is 0. The van der Waals surface area contributed by atoms with Crippen LogP contribution < -0.4 is 11.1 Å². The first kappa shape index (κ1) is 20.0. The van der Waals surface area contributed by atoms with Crippen LogP contribution in [0.3, 0.4) is 0 Å². The third kappa shape index (κ3) is 6.50. The van der Waals surface area contributed by atoms with Crippen LogP contribution in [0.15, 0.2) is 23.3 Å². The first-order valence-corrected chi connectivity index (χ1v) is 7.80. The Morgan fingerprint density at radius 3 is 2.96 bits per heavy atom. The minimum absolute atomic E-state index is 0. The van der Waals surface area contributed by atoms with Crippen molar-refractivity contribution in [1.82, 2.24) is 15.2 Å². The van der Waals surface area contributed by atoms with E-state index >= 15 is 0 Å². The lowest BCUT2D eigenvalue weighted by Gasteiger charge is -2.34. The molecule has 0 bridgehead atoms. The zero-order chi connectivity index (χ0) is 15.9. The van der Waals surface area contributed by atoms with E-state index in [2.05, 4.69) is 20.2 Å². The average Bonchev–Trinajstić information content (AvgIpc) is 2.49. The molecule has 1 aromatic heterocycles. The number of nitrogens with zero attached hydrogens (tertiary/aromatic N) is 3. The number of primary amides is 1. The molecule has 1 amide bonds. The van der Waals surface area contributed by atoms with Crippen LogP contribution in [0.5, 0.6) is 0 Å².